The number of esters is 1. The van der Waals surface area contributed by atoms with E-state index >= 15 is 0 Å². The van der Waals surface area contributed by atoms with Gasteiger partial charge in [0.1, 0.15) is 6.10 Å². The first-order chi connectivity index (χ1) is 15.0. The minimum absolute atomic E-state index is 0.200. The highest BCUT2D eigenvalue weighted by Gasteiger charge is 2.65. The Morgan fingerprint density at radius 1 is 1.19 bits per heavy atom. The summed E-state index contributed by atoms with van der Waals surface area (Å²) in [6.45, 7) is 0.989. The predicted molar refractivity (Wildman–Crippen MR) is 117 cm³/mol. The molecular weight excluding hydrogens is 414 g/mol. The van der Waals surface area contributed by atoms with Gasteiger partial charge in [-0.1, -0.05) is 23.7 Å². The number of halogens is 1. The predicted octanol–water partition coefficient (Wildman–Crippen LogP) is 4.02. The van der Waals surface area contributed by atoms with E-state index in [1.807, 2.05) is 12.1 Å². The quantitative estimate of drug-likeness (QED) is 0.536. The zero-order chi connectivity index (χ0) is 21.3. The Balaban J connectivity index is 1.43. The van der Waals surface area contributed by atoms with Crippen molar-refractivity contribution in [1.29, 1.82) is 0 Å². The molecule has 1 spiro atoms. The molecule has 2 aliphatic carbocycles. The van der Waals surface area contributed by atoms with Gasteiger partial charge >= 0.3 is 5.97 Å². The van der Waals surface area contributed by atoms with Crippen molar-refractivity contribution in [2.75, 3.05) is 20.7 Å². The summed E-state index contributed by atoms with van der Waals surface area (Å²) < 4.78 is 18.3. The van der Waals surface area contributed by atoms with Gasteiger partial charge in [0.15, 0.2) is 17.6 Å². The zero-order valence-corrected chi connectivity index (χ0v) is 18.3. The van der Waals surface area contributed by atoms with Crippen molar-refractivity contribution in [2.24, 2.45) is 5.92 Å². The third kappa shape index (κ3) is 2.56. The highest BCUT2D eigenvalue weighted by Crippen LogP contribution is 2.62. The summed E-state index contributed by atoms with van der Waals surface area (Å²) in [5.41, 5.74) is 2.87. The van der Waals surface area contributed by atoms with Crippen LogP contribution in [-0.2, 0) is 16.6 Å². The normalized spacial score (nSPS) is 32.2. The van der Waals surface area contributed by atoms with Gasteiger partial charge in [-0.05, 0) is 68.4 Å². The monoisotopic (exact) mass is 437 g/mol. The second-order valence-corrected chi connectivity index (χ2v) is 9.44. The lowest BCUT2D eigenvalue weighted by atomic mass is 9.53. The number of benzene rings is 2. The molecule has 2 aromatic carbocycles. The lowest BCUT2D eigenvalue weighted by molar-refractivity contribution is -0.0555. The maximum Gasteiger partial charge on any atom is 0.338 e. The molecule has 2 aromatic rings. The number of ether oxygens (including phenoxy) is 3. The molecule has 2 heterocycles. The van der Waals surface area contributed by atoms with Crippen LogP contribution in [0.25, 0.3) is 0 Å². The summed E-state index contributed by atoms with van der Waals surface area (Å²) in [6, 6.07) is 11.4. The Morgan fingerprint density at radius 2 is 2.00 bits per heavy atom. The van der Waals surface area contributed by atoms with Gasteiger partial charge in [0.05, 0.1) is 12.7 Å². The van der Waals surface area contributed by atoms with Gasteiger partial charge in [0, 0.05) is 28.0 Å². The Kier molecular flexibility index (Phi) is 4.18. The van der Waals surface area contributed by atoms with Crippen LogP contribution in [0.1, 0.15) is 27.9 Å². The van der Waals surface area contributed by atoms with E-state index in [-0.39, 0.29) is 17.5 Å². The van der Waals surface area contributed by atoms with Crippen LogP contribution in [0, 0.1) is 5.92 Å². The number of hydrogen-bond donors (Lipinski definition) is 0. The molecular formula is C25H24ClNO4. The molecule has 6 rings (SSSR count). The molecule has 5 nitrogen and oxygen atoms in total. The first-order valence-corrected chi connectivity index (χ1v) is 11.1. The maximum absolute atomic E-state index is 12.9. The average molecular weight is 438 g/mol. The van der Waals surface area contributed by atoms with E-state index in [1.165, 1.54) is 11.1 Å². The van der Waals surface area contributed by atoms with E-state index in [4.69, 9.17) is 25.8 Å². The standard InChI is InChI=1S/C25H24ClNO4/c1-27-12-11-25-17-8-10-20(30-24(28)14-3-6-16(26)7-4-14)23(25)31-22-19(29-2)9-5-15(21(22)25)13-18(17)27/h3-10,17-18,20,23H,11-13H2,1-2H3/t17-,18+,20-,23-,25-/m0/s1. The number of piperidine rings is 1. The van der Waals surface area contributed by atoms with Crippen LogP contribution < -0.4 is 9.47 Å². The van der Waals surface area contributed by atoms with Gasteiger partial charge in [-0.25, -0.2) is 4.79 Å². The first kappa shape index (κ1) is 19.2. The van der Waals surface area contributed by atoms with Crippen molar-refractivity contribution in [3.05, 3.63) is 70.3 Å². The fraction of sp³-hybridized carbons (Fsp3) is 0.400. The Labute approximate surface area is 186 Å². The molecule has 160 valence electrons. The molecule has 0 saturated carbocycles. The molecule has 0 amide bonds. The third-order valence-electron chi connectivity index (χ3n) is 7.66. The first-order valence-electron chi connectivity index (χ1n) is 10.7. The fourth-order valence-electron chi connectivity index (χ4n) is 6.25. The SMILES string of the molecule is COc1ccc2c3c1O[C@H]1[C@@H](OC(=O)c4ccc(Cl)cc4)C=C[C@H]4[C@@H](C2)N(C)CC[C@@]341. The van der Waals surface area contributed by atoms with Crippen LogP contribution in [-0.4, -0.2) is 49.8 Å². The van der Waals surface area contributed by atoms with E-state index in [1.54, 1.807) is 31.4 Å². The van der Waals surface area contributed by atoms with Crippen LogP contribution in [0.3, 0.4) is 0 Å². The number of likely N-dealkylation sites (N-methyl/N-ethyl adjacent to an activating group) is 1. The number of carbonyl (C=O) groups excluding carboxylic acids is 1. The summed E-state index contributed by atoms with van der Waals surface area (Å²) in [5.74, 6) is 1.53. The van der Waals surface area contributed by atoms with Gasteiger partial charge < -0.3 is 19.1 Å². The van der Waals surface area contributed by atoms with E-state index < -0.39 is 6.10 Å². The van der Waals surface area contributed by atoms with Crippen molar-refractivity contribution >= 4 is 17.6 Å². The molecule has 0 radical (unpaired) electrons. The zero-order valence-electron chi connectivity index (χ0n) is 17.5. The molecule has 4 aliphatic rings. The highest BCUT2D eigenvalue weighted by molar-refractivity contribution is 6.30. The number of hydrogen-bond acceptors (Lipinski definition) is 5. The summed E-state index contributed by atoms with van der Waals surface area (Å²) >= 11 is 5.97. The maximum atomic E-state index is 12.9. The second-order valence-electron chi connectivity index (χ2n) is 9.00. The molecule has 31 heavy (non-hydrogen) atoms. The second kappa shape index (κ2) is 6.75. The summed E-state index contributed by atoms with van der Waals surface area (Å²) in [5, 5.41) is 0.588. The third-order valence-corrected chi connectivity index (χ3v) is 7.91. The Hall–Kier alpha value is -2.50. The topological polar surface area (TPSA) is 48.0 Å². The van der Waals surface area contributed by atoms with Crippen LogP contribution in [0.5, 0.6) is 11.5 Å². The molecule has 1 saturated heterocycles. The van der Waals surface area contributed by atoms with Crippen LogP contribution >= 0.6 is 11.6 Å². The van der Waals surface area contributed by atoms with E-state index in [2.05, 4.69) is 24.1 Å². The van der Waals surface area contributed by atoms with E-state index in [0.717, 1.165) is 30.9 Å². The highest BCUT2D eigenvalue weighted by atomic mass is 35.5. The minimum atomic E-state index is -0.466. The molecule has 5 atom stereocenters. The van der Waals surface area contributed by atoms with Gasteiger partial charge in [0.25, 0.3) is 0 Å². The smallest absolute Gasteiger partial charge is 0.338 e. The van der Waals surface area contributed by atoms with Crippen molar-refractivity contribution in [3.8, 4) is 11.5 Å². The number of likely N-dealkylation sites (tertiary alicyclic amines) is 1. The lowest BCUT2D eigenvalue weighted by Gasteiger charge is -2.56. The van der Waals surface area contributed by atoms with Gasteiger partial charge in [-0.3, -0.25) is 0 Å². The van der Waals surface area contributed by atoms with Crippen molar-refractivity contribution < 1.29 is 19.0 Å². The van der Waals surface area contributed by atoms with Crippen molar-refractivity contribution in [1.82, 2.24) is 4.90 Å². The number of nitrogens with zero attached hydrogens (tertiary/aromatic N) is 1. The molecule has 2 bridgehead atoms. The van der Waals surface area contributed by atoms with Crippen molar-refractivity contribution in [2.45, 2.75) is 36.5 Å². The van der Waals surface area contributed by atoms with Gasteiger partial charge in [0.2, 0.25) is 0 Å². The van der Waals surface area contributed by atoms with Crippen LogP contribution in [0.4, 0.5) is 0 Å². The molecule has 2 aliphatic heterocycles. The molecule has 0 unspecified atom stereocenters. The Morgan fingerprint density at radius 3 is 2.77 bits per heavy atom. The van der Waals surface area contributed by atoms with Gasteiger partial charge in [-0.15, -0.1) is 0 Å². The molecule has 1 fully saturated rings. The minimum Gasteiger partial charge on any atom is -0.493 e. The molecule has 0 N–H and O–H groups in total. The summed E-state index contributed by atoms with van der Waals surface area (Å²) in [4.78, 5) is 15.4. The van der Waals surface area contributed by atoms with E-state index in [0.29, 0.717) is 22.5 Å². The fourth-order valence-corrected chi connectivity index (χ4v) is 6.37. The van der Waals surface area contributed by atoms with Crippen molar-refractivity contribution in [3.63, 3.8) is 0 Å². The lowest BCUT2D eigenvalue weighted by Crippen LogP contribution is -2.65. The largest absolute Gasteiger partial charge is 0.493 e. The summed E-state index contributed by atoms with van der Waals surface area (Å²) in [7, 11) is 3.88. The van der Waals surface area contributed by atoms with Gasteiger partial charge in [-0.2, -0.15) is 0 Å². The average Bonchev–Trinajstić information content (AvgIpc) is 3.13. The van der Waals surface area contributed by atoms with E-state index in [9.17, 15) is 4.79 Å². The number of methoxy groups -OCH3 is 1. The van der Waals surface area contributed by atoms with Crippen LogP contribution in [0.15, 0.2) is 48.6 Å². The van der Waals surface area contributed by atoms with Crippen LogP contribution in [0.2, 0.25) is 5.02 Å². The molecule has 6 heteroatoms. The number of rotatable bonds is 3. The summed E-state index contributed by atoms with van der Waals surface area (Å²) in [6.07, 6.45) is 5.51. The molecule has 0 aromatic heterocycles. The Bertz CT molecular complexity index is 1100. The number of carbonyl (C=O) groups is 1.